The Bertz CT molecular complexity index is 663. The Hall–Kier alpha value is -2.40. The van der Waals surface area contributed by atoms with Crippen molar-refractivity contribution < 1.29 is 4.79 Å². The van der Waals surface area contributed by atoms with E-state index in [0.29, 0.717) is 11.6 Å². The molecule has 2 rings (SSSR count). The Morgan fingerprint density at radius 3 is 2.32 bits per heavy atom. The number of hydrogen-bond acceptors (Lipinski definition) is 4. The molecule has 0 aliphatic heterocycles. The van der Waals surface area contributed by atoms with Crippen LogP contribution in [0.25, 0.3) is 0 Å². The van der Waals surface area contributed by atoms with Gasteiger partial charge in [-0.05, 0) is 62.8 Å². The molecule has 0 radical (unpaired) electrons. The fourth-order valence-electron chi connectivity index (χ4n) is 2.41. The maximum absolute atomic E-state index is 12.3. The molecule has 0 aliphatic rings. The summed E-state index contributed by atoms with van der Waals surface area (Å²) in [6, 6.07) is 11.6. The number of aromatic nitrogens is 1. The van der Waals surface area contributed by atoms with Crippen molar-refractivity contribution in [2.75, 3.05) is 37.8 Å². The fourth-order valence-corrected chi connectivity index (χ4v) is 2.41. The Kier molecular flexibility index (Phi) is 6.95. The van der Waals surface area contributed by atoms with Gasteiger partial charge >= 0.3 is 0 Å². The molecular weight excluding hydrogens is 312 g/mol. The number of carbonyl (C=O) groups excluding carboxylic acids is 1. The number of nitrogens with one attached hydrogen (secondary N) is 2. The third-order valence-corrected chi connectivity index (χ3v) is 3.94. The van der Waals surface area contributed by atoms with E-state index in [4.69, 9.17) is 0 Å². The molecule has 0 fully saturated rings. The zero-order valence-corrected chi connectivity index (χ0v) is 15.5. The van der Waals surface area contributed by atoms with Crippen LogP contribution in [0.2, 0.25) is 0 Å². The van der Waals surface area contributed by atoms with Crippen LogP contribution in [-0.2, 0) is 0 Å². The average molecular weight is 340 g/mol. The molecule has 2 N–H and O–H groups in total. The Morgan fingerprint density at radius 2 is 1.76 bits per heavy atom. The van der Waals surface area contributed by atoms with Crippen molar-refractivity contribution in [3.05, 3.63) is 53.9 Å². The Balaban J connectivity index is 1.87. The number of pyridine rings is 1. The van der Waals surface area contributed by atoms with Gasteiger partial charge in [0.2, 0.25) is 0 Å². The van der Waals surface area contributed by atoms with E-state index in [1.165, 1.54) is 5.56 Å². The van der Waals surface area contributed by atoms with Crippen LogP contribution in [0, 0.1) is 0 Å². The Morgan fingerprint density at radius 1 is 1.08 bits per heavy atom. The largest absolute Gasteiger partial charge is 0.384 e. The summed E-state index contributed by atoms with van der Waals surface area (Å²) in [4.78, 5) is 18.7. The van der Waals surface area contributed by atoms with Crippen LogP contribution in [-0.4, -0.2) is 43.0 Å². The van der Waals surface area contributed by atoms with Crippen molar-refractivity contribution >= 4 is 17.3 Å². The number of benzene rings is 1. The van der Waals surface area contributed by atoms with E-state index >= 15 is 0 Å². The highest BCUT2D eigenvalue weighted by Gasteiger charge is 2.08. The predicted molar refractivity (Wildman–Crippen MR) is 104 cm³/mol. The lowest BCUT2D eigenvalue weighted by Gasteiger charge is -2.11. The first-order valence-corrected chi connectivity index (χ1v) is 8.71. The van der Waals surface area contributed by atoms with Gasteiger partial charge in [-0.15, -0.1) is 0 Å². The molecule has 1 amide bonds. The van der Waals surface area contributed by atoms with Crippen molar-refractivity contribution in [2.24, 2.45) is 0 Å². The zero-order valence-electron chi connectivity index (χ0n) is 15.5. The summed E-state index contributed by atoms with van der Waals surface area (Å²) < 4.78 is 0. The molecule has 1 heterocycles. The first-order chi connectivity index (χ1) is 12.0. The molecule has 0 saturated heterocycles. The number of carbonyl (C=O) groups is 1. The molecule has 5 nitrogen and oxygen atoms in total. The summed E-state index contributed by atoms with van der Waals surface area (Å²) in [6.07, 6.45) is 2.76. The van der Waals surface area contributed by atoms with Gasteiger partial charge in [0.1, 0.15) is 5.69 Å². The second-order valence-corrected chi connectivity index (χ2v) is 6.75. The smallest absolute Gasteiger partial charge is 0.274 e. The number of rotatable bonds is 8. The summed E-state index contributed by atoms with van der Waals surface area (Å²) >= 11 is 0. The van der Waals surface area contributed by atoms with Crippen molar-refractivity contribution in [1.29, 1.82) is 0 Å². The second kappa shape index (κ2) is 9.18. The highest BCUT2D eigenvalue weighted by atomic mass is 16.1. The van der Waals surface area contributed by atoms with Crippen molar-refractivity contribution in [3.63, 3.8) is 0 Å². The lowest BCUT2D eigenvalue weighted by Crippen LogP contribution is -2.16. The van der Waals surface area contributed by atoms with Gasteiger partial charge in [0, 0.05) is 12.2 Å². The van der Waals surface area contributed by atoms with Crippen LogP contribution in [0.5, 0.6) is 0 Å². The molecule has 1 aromatic carbocycles. The molecule has 134 valence electrons. The van der Waals surface area contributed by atoms with Gasteiger partial charge in [0.25, 0.3) is 5.91 Å². The minimum atomic E-state index is -0.198. The number of amides is 1. The highest BCUT2D eigenvalue weighted by Crippen LogP contribution is 2.17. The topological polar surface area (TPSA) is 57.3 Å². The van der Waals surface area contributed by atoms with E-state index in [1.54, 1.807) is 12.3 Å². The van der Waals surface area contributed by atoms with Gasteiger partial charge in [-0.3, -0.25) is 4.79 Å². The van der Waals surface area contributed by atoms with E-state index in [1.807, 2.05) is 30.3 Å². The quantitative estimate of drug-likeness (QED) is 0.717. The summed E-state index contributed by atoms with van der Waals surface area (Å²) in [7, 11) is 4.12. The fraction of sp³-hybridized carbons (Fsp3) is 0.400. The second-order valence-electron chi connectivity index (χ2n) is 6.75. The zero-order chi connectivity index (χ0) is 18.2. The molecule has 25 heavy (non-hydrogen) atoms. The molecule has 5 heteroatoms. The van der Waals surface area contributed by atoms with E-state index in [2.05, 4.69) is 48.5 Å². The molecular formula is C20H28N4O. The van der Waals surface area contributed by atoms with Crippen molar-refractivity contribution in [1.82, 2.24) is 9.88 Å². The minimum Gasteiger partial charge on any atom is -0.384 e. The summed E-state index contributed by atoms with van der Waals surface area (Å²) in [5.74, 6) is 0.278. The molecule has 1 aromatic heterocycles. The third-order valence-electron chi connectivity index (χ3n) is 3.94. The van der Waals surface area contributed by atoms with E-state index in [9.17, 15) is 4.79 Å². The highest BCUT2D eigenvalue weighted by molar-refractivity contribution is 6.02. The maximum atomic E-state index is 12.3. The van der Waals surface area contributed by atoms with Gasteiger partial charge in [-0.1, -0.05) is 26.0 Å². The number of anilines is 2. The summed E-state index contributed by atoms with van der Waals surface area (Å²) in [6.45, 7) is 6.21. The van der Waals surface area contributed by atoms with E-state index in [0.717, 1.165) is 30.9 Å². The van der Waals surface area contributed by atoms with Crippen molar-refractivity contribution in [3.8, 4) is 0 Å². The van der Waals surface area contributed by atoms with Crippen LogP contribution < -0.4 is 10.6 Å². The first-order valence-electron chi connectivity index (χ1n) is 8.71. The molecule has 0 atom stereocenters. The van der Waals surface area contributed by atoms with Gasteiger partial charge in [-0.25, -0.2) is 4.98 Å². The van der Waals surface area contributed by atoms with E-state index < -0.39 is 0 Å². The summed E-state index contributed by atoms with van der Waals surface area (Å²) in [5.41, 5.74) is 3.37. The molecule has 2 aromatic rings. The normalized spacial score (nSPS) is 11.0. The molecule has 0 bridgehead atoms. The Labute approximate surface area is 150 Å². The van der Waals surface area contributed by atoms with Crippen LogP contribution in [0.15, 0.2) is 42.6 Å². The van der Waals surface area contributed by atoms with Gasteiger partial charge in [-0.2, -0.15) is 0 Å². The van der Waals surface area contributed by atoms with Crippen LogP contribution in [0.1, 0.15) is 42.2 Å². The predicted octanol–water partition coefficient (Wildman–Crippen LogP) is 3.82. The number of hydrogen-bond donors (Lipinski definition) is 2. The SMILES string of the molecule is CC(C)c1ccc(NC(=O)c2ccc(NCCCN(C)C)cn2)cc1. The molecule has 0 aliphatic carbocycles. The average Bonchev–Trinajstić information content (AvgIpc) is 2.59. The van der Waals surface area contributed by atoms with Crippen LogP contribution >= 0.6 is 0 Å². The van der Waals surface area contributed by atoms with Crippen LogP contribution in [0.3, 0.4) is 0 Å². The van der Waals surface area contributed by atoms with Crippen molar-refractivity contribution in [2.45, 2.75) is 26.2 Å². The minimum absolute atomic E-state index is 0.198. The van der Waals surface area contributed by atoms with Gasteiger partial charge in [0.05, 0.1) is 11.9 Å². The molecule has 0 spiro atoms. The maximum Gasteiger partial charge on any atom is 0.274 e. The lowest BCUT2D eigenvalue weighted by atomic mass is 10.0. The van der Waals surface area contributed by atoms with Gasteiger partial charge in [0.15, 0.2) is 0 Å². The molecule has 0 unspecified atom stereocenters. The van der Waals surface area contributed by atoms with E-state index in [-0.39, 0.29) is 5.91 Å². The number of nitrogens with zero attached hydrogens (tertiary/aromatic N) is 2. The third kappa shape index (κ3) is 6.19. The lowest BCUT2D eigenvalue weighted by molar-refractivity contribution is 0.102. The van der Waals surface area contributed by atoms with Gasteiger partial charge < -0.3 is 15.5 Å². The monoisotopic (exact) mass is 340 g/mol. The van der Waals surface area contributed by atoms with Crippen LogP contribution in [0.4, 0.5) is 11.4 Å². The molecule has 0 saturated carbocycles. The first kappa shape index (κ1) is 18.9. The summed E-state index contributed by atoms with van der Waals surface area (Å²) in [5, 5.41) is 6.19. The standard InChI is InChI=1S/C20H28N4O/c1-15(2)16-6-8-17(9-7-16)23-20(25)19-11-10-18(14-22-19)21-12-5-13-24(3)4/h6-11,14-15,21H,5,12-13H2,1-4H3,(H,23,25).